The first-order chi connectivity index (χ1) is 15.0. The fourth-order valence-electron chi connectivity index (χ4n) is 2.58. The Morgan fingerprint density at radius 2 is 1.55 bits per heavy atom. The average Bonchev–Trinajstić information content (AvgIpc) is 2.81. The smallest absolute Gasteiger partial charge is 0.287 e. The number of nitrogens with zero attached hydrogens (tertiary/aromatic N) is 1. The Kier molecular flexibility index (Phi) is 7.73. The summed E-state index contributed by atoms with van der Waals surface area (Å²) in [5.74, 6) is -0.253. The van der Waals surface area contributed by atoms with Gasteiger partial charge in [0.05, 0.1) is 13.3 Å². The Bertz CT molecular complexity index is 1090. The van der Waals surface area contributed by atoms with Crippen molar-refractivity contribution < 1.29 is 14.3 Å². The molecule has 0 aliphatic rings. The lowest BCUT2D eigenvalue weighted by Gasteiger charge is -2.09. The van der Waals surface area contributed by atoms with Crippen molar-refractivity contribution in [3.8, 4) is 5.75 Å². The summed E-state index contributed by atoms with van der Waals surface area (Å²) in [4.78, 5) is 25.3. The van der Waals surface area contributed by atoms with Gasteiger partial charge in [0.2, 0.25) is 0 Å². The highest BCUT2D eigenvalue weighted by Crippen LogP contribution is 2.14. The summed E-state index contributed by atoms with van der Waals surface area (Å²) < 4.78 is 6.10. The molecule has 3 aromatic carbocycles. The second-order valence-corrected chi connectivity index (χ2v) is 7.32. The Morgan fingerprint density at radius 1 is 0.903 bits per heavy atom. The quantitative estimate of drug-likeness (QED) is 0.301. The van der Waals surface area contributed by atoms with Crippen molar-refractivity contribution in [3.63, 3.8) is 0 Å². The third kappa shape index (κ3) is 6.65. The second kappa shape index (κ2) is 10.9. The molecule has 2 N–H and O–H groups in total. The maximum atomic E-state index is 12.7. The molecule has 0 aliphatic heterocycles. The minimum atomic E-state index is -0.548. The molecule has 3 aromatic rings. The number of halogens is 1. The largest absolute Gasteiger partial charge is 0.497 e. The molecule has 0 unspecified atom stereocenters. The summed E-state index contributed by atoms with van der Waals surface area (Å²) >= 11 is 3.37. The molecule has 156 valence electrons. The lowest BCUT2D eigenvalue weighted by molar-refractivity contribution is -0.117. The van der Waals surface area contributed by atoms with Crippen molar-refractivity contribution in [3.05, 3.63) is 106 Å². The maximum absolute atomic E-state index is 12.7. The maximum Gasteiger partial charge on any atom is 0.287 e. The van der Waals surface area contributed by atoms with Crippen molar-refractivity contribution in [2.24, 2.45) is 5.10 Å². The molecule has 31 heavy (non-hydrogen) atoms. The highest BCUT2D eigenvalue weighted by atomic mass is 79.9. The minimum Gasteiger partial charge on any atom is -0.497 e. The summed E-state index contributed by atoms with van der Waals surface area (Å²) in [6.07, 6.45) is 3.10. The van der Waals surface area contributed by atoms with Crippen LogP contribution in [-0.4, -0.2) is 25.1 Å². The standard InChI is InChI=1S/C24H20BrN3O3/c1-31-21-13-9-17(10-14-21)15-22(27-23(29)19-5-3-2-4-6-19)24(30)28-26-16-18-7-11-20(25)12-8-18/h2-16H,1H3,(H,27,29)(H,28,30)/b22-15+,26-16+. The van der Waals surface area contributed by atoms with Crippen LogP contribution in [0, 0.1) is 0 Å². The van der Waals surface area contributed by atoms with Crippen LogP contribution in [0.25, 0.3) is 6.08 Å². The van der Waals surface area contributed by atoms with Crippen LogP contribution in [0.3, 0.4) is 0 Å². The van der Waals surface area contributed by atoms with Crippen LogP contribution in [0.2, 0.25) is 0 Å². The summed E-state index contributed by atoms with van der Waals surface area (Å²) in [6.45, 7) is 0. The second-order valence-electron chi connectivity index (χ2n) is 6.40. The van der Waals surface area contributed by atoms with Crippen LogP contribution < -0.4 is 15.5 Å². The van der Waals surface area contributed by atoms with Gasteiger partial charge in [-0.05, 0) is 53.6 Å². The number of carbonyl (C=O) groups is 2. The van der Waals surface area contributed by atoms with E-state index in [4.69, 9.17) is 4.74 Å². The molecule has 0 atom stereocenters. The van der Waals surface area contributed by atoms with Gasteiger partial charge < -0.3 is 10.1 Å². The SMILES string of the molecule is COc1ccc(/C=C(/NC(=O)c2ccccc2)C(=O)N/N=C/c2ccc(Br)cc2)cc1. The van der Waals surface area contributed by atoms with E-state index in [9.17, 15) is 9.59 Å². The molecule has 6 nitrogen and oxygen atoms in total. The number of nitrogens with one attached hydrogen (secondary N) is 2. The number of ether oxygens (including phenoxy) is 1. The highest BCUT2D eigenvalue weighted by molar-refractivity contribution is 9.10. The molecule has 0 aromatic heterocycles. The minimum absolute atomic E-state index is 0.0620. The molecule has 0 bridgehead atoms. The van der Waals surface area contributed by atoms with Crippen LogP contribution in [-0.2, 0) is 4.79 Å². The van der Waals surface area contributed by atoms with E-state index < -0.39 is 11.8 Å². The van der Waals surface area contributed by atoms with Gasteiger partial charge in [0.25, 0.3) is 11.8 Å². The number of rotatable bonds is 7. The van der Waals surface area contributed by atoms with E-state index in [0.29, 0.717) is 11.3 Å². The molecule has 0 heterocycles. The summed E-state index contributed by atoms with van der Waals surface area (Å²) in [5, 5.41) is 6.65. The topological polar surface area (TPSA) is 79.8 Å². The molecule has 2 amide bonds. The number of hydrogen-bond acceptors (Lipinski definition) is 4. The molecular formula is C24H20BrN3O3. The number of methoxy groups -OCH3 is 1. The fraction of sp³-hybridized carbons (Fsp3) is 0.0417. The number of hydrazone groups is 1. The molecule has 0 saturated heterocycles. The van der Waals surface area contributed by atoms with Crippen LogP contribution in [0.1, 0.15) is 21.5 Å². The summed E-state index contributed by atoms with van der Waals surface area (Å²) in [5.41, 5.74) is 4.49. The first-order valence-electron chi connectivity index (χ1n) is 9.36. The first kappa shape index (κ1) is 22.0. The summed E-state index contributed by atoms with van der Waals surface area (Å²) in [6, 6.07) is 23.2. The molecule has 7 heteroatoms. The van der Waals surface area contributed by atoms with E-state index in [2.05, 4.69) is 31.8 Å². The lowest BCUT2D eigenvalue weighted by Crippen LogP contribution is -2.32. The Hall–Kier alpha value is -3.71. The predicted molar refractivity (Wildman–Crippen MR) is 125 cm³/mol. The molecule has 3 rings (SSSR count). The van der Waals surface area contributed by atoms with Gasteiger partial charge in [0.15, 0.2) is 0 Å². The number of hydrogen-bond donors (Lipinski definition) is 2. The molecule has 0 fully saturated rings. The zero-order valence-corrected chi connectivity index (χ0v) is 18.3. The molecular weight excluding hydrogens is 458 g/mol. The van der Waals surface area contributed by atoms with E-state index in [0.717, 1.165) is 15.6 Å². The van der Waals surface area contributed by atoms with Gasteiger partial charge in [-0.1, -0.05) is 58.4 Å². The van der Waals surface area contributed by atoms with Crippen molar-refractivity contribution in [2.45, 2.75) is 0 Å². The van der Waals surface area contributed by atoms with Crippen LogP contribution in [0.5, 0.6) is 5.75 Å². The number of amides is 2. The number of carbonyl (C=O) groups excluding carboxylic acids is 2. The zero-order valence-electron chi connectivity index (χ0n) is 16.7. The van der Waals surface area contributed by atoms with Gasteiger partial charge in [-0.2, -0.15) is 5.10 Å². The van der Waals surface area contributed by atoms with Crippen molar-refractivity contribution in [1.82, 2.24) is 10.7 Å². The van der Waals surface area contributed by atoms with Crippen LogP contribution in [0.15, 0.2) is 94.1 Å². The Balaban J connectivity index is 1.79. The average molecular weight is 478 g/mol. The van der Waals surface area contributed by atoms with Crippen molar-refractivity contribution >= 4 is 40.0 Å². The first-order valence-corrected chi connectivity index (χ1v) is 10.2. The lowest BCUT2D eigenvalue weighted by atomic mass is 10.1. The Morgan fingerprint density at radius 3 is 2.19 bits per heavy atom. The Labute approximate surface area is 188 Å². The van der Waals surface area contributed by atoms with Crippen molar-refractivity contribution in [1.29, 1.82) is 0 Å². The van der Waals surface area contributed by atoms with E-state index in [1.54, 1.807) is 61.7 Å². The zero-order chi connectivity index (χ0) is 22.1. The molecule has 0 radical (unpaired) electrons. The van der Waals surface area contributed by atoms with E-state index in [1.165, 1.54) is 6.21 Å². The van der Waals surface area contributed by atoms with E-state index in [-0.39, 0.29) is 5.70 Å². The van der Waals surface area contributed by atoms with Gasteiger partial charge in [-0.3, -0.25) is 9.59 Å². The highest BCUT2D eigenvalue weighted by Gasteiger charge is 2.14. The van der Waals surface area contributed by atoms with Gasteiger partial charge in [0.1, 0.15) is 11.4 Å². The molecule has 0 aliphatic carbocycles. The van der Waals surface area contributed by atoms with Crippen LogP contribution in [0.4, 0.5) is 0 Å². The van der Waals surface area contributed by atoms with Crippen molar-refractivity contribution in [2.75, 3.05) is 7.11 Å². The monoisotopic (exact) mass is 477 g/mol. The van der Waals surface area contributed by atoms with E-state index >= 15 is 0 Å². The van der Waals surface area contributed by atoms with Gasteiger partial charge in [-0.25, -0.2) is 5.43 Å². The third-order valence-electron chi connectivity index (χ3n) is 4.21. The number of benzene rings is 3. The van der Waals surface area contributed by atoms with Gasteiger partial charge >= 0.3 is 0 Å². The molecule has 0 spiro atoms. The summed E-state index contributed by atoms with van der Waals surface area (Å²) in [7, 11) is 1.58. The van der Waals surface area contributed by atoms with E-state index in [1.807, 2.05) is 30.3 Å². The fourth-order valence-corrected chi connectivity index (χ4v) is 2.85. The predicted octanol–water partition coefficient (Wildman–Crippen LogP) is 4.38. The third-order valence-corrected chi connectivity index (χ3v) is 4.73. The molecule has 0 saturated carbocycles. The van der Waals surface area contributed by atoms with Gasteiger partial charge in [0, 0.05) is 10.0 Å². The normalized spacial score (nSPS) is 11.2. The van der Waals surface area contributed by atoms with Crippen LogP contribution >= 0.6 is 15.9 Å². The van der Waals surface area contributed by atoms with Gasteiger partial charge in [-0.15, -0.1) is 0 Å².